The maximum absolute atomic E-state index is 12.9. The molecule has 0 aliphatic heterocycles. The number of carbonyl (C=O) groups is 1. The summed E-state index contributed by atoms with van der Waals surface area (Å²) in [6.45, 7) is 0. The molecule has 1 aromatic carbocycles. The molecular weight excluding hydrogens is 261 g/mol. The van der Waals surface area contributed by atoms with Crippen LogP contribution in [-0.2, 0) is 0 Å². The highest BCUT2D eigenvalue weighted by Crippen LogP contribution is 2.23. The van der Waals surface area contributed by atoms with E-state index in [0.717, 1.165) is 6.07 Å². The van der Waals surface area contributed by atoms with E-state index in [-0.39, 0.29) is 22.3 Å². The number of aromatic carboxylic acids is 1. The summed E-state index contributed by atoms with van der Waals surface area (Å²) in [6, 6.07) is 7.81. The molecule has 0 saturated carbocycles. The van der Waals surface area contributed by atoms with Crippen LogP contribution in [0.4, 0.5) is 4.39 Å². The molecular formula is C12H7ClFNO3. The zero-order valence-electron chi connectivity index (χ0n) is 8.93. The van der Waals surface area contributed by atoms with Crippen molar-refractivity contribution in [3.63, 3.8) is 0 Å². The normalized spacial score (nSPS) is 10.1. The van der Waals surface area contributed by atoms with Crippen molar-refractivity contribution >= 4 is 17.6 Å². The van der Waals surface area contributed by atoms with Crippen LogP contribution in [0.5, 0.6) is 11.6 Å². The number of benzene rings is 1. The Morgan fingerprint density at radius 1 is 1.33 bits per heavy atom. The number of hydrogen-bond donors (Lipinski definition) is 1. The summed E-state index contributed by atoms with van der Waals surface area (Å²) in [4.78, 5) is 14.6. The minimum Gasteiger partial charge on any atom is -0.478 e. The van der Waals surface area contributed by atoms with Gasteiger partial charge in [-0.1, -0.05) is 17.7 Å². The van der Waals surface area contributed by atoms with Gasteiger partial charge in [0.15, 0.2) is 0 Å². The van der Waals surface area contributed by atoms with Crippen LogP contribution in [-0.4, -0.2) is 16.1 Å². The summed E-state index contributed by atoms with van der Waals surface area (Å²) >= 11 is 5.66. The topological polar surface area (TPSA) is 59.4 Å². The Balaban J connectivity index is 2.31. The van der Waals surface area contributed by atoms with Gasteiger partial charge in [-0.2, -0.15) is 0 Å². The monoisotopic (exact) mass is 267 g/mol. The fourth-order valence-electron chi connectivity index (χ4n) is 1.30. The molecule has 2 aromatic rings. The lowest BCUT2D eigenvalue weighted by Crippen LogP contribution is -1.98. The number of pyridine rings is 1. The van der Waals surface area contributed by atoms with E-state index >= 15 is 0 Å². The van der Waals surface area contributed by atoms with E-state index in [0.29, 0.717) is 0 Å². The van der Waals surface area contributed by atoms with Crippen molar-refractivity contribution in [1.82, 2.24) is 4.98 Å². The van der Waals surface area contributed by atoms with E-state index in [1.54, 1.807) is 0 Å². The molecule has 0 atom stereocenters. The summed E-state index contributed by atoms with van der Waals surface area (Å²) in [7, 11) is 0. The van der Waals surface area contributed by atoms with Crippen molar-refractivity contribution in [3.8, 4) is 11.6 Å². The molecule has 18 heavy (non-hydrogen) atoms. The van der Waals surface area contributed by atoms with Gasteiger partial charge in [0.05, 0.1) is 5.56 Å². The Bertz CT molecular complexity index is 604. The van der Waals surface area contributed by atoms with Gasteiger partial charge in [0.25, 0.3) is 0 Å². The second-order valence-electron chi connectivity index (χ2n) is 3.38. The molecule has 0 aliphatic rings. The largest absolute Gasteiger partial charge is 0.478 e. The van der Waals surface area contributed by atoms with Crippen LogP contribution in [0.3, 0.4) is 0 Å². The van der Waals surface area contributed by atoms with Gasteiger partial charge in [-0.15, -0.1) is 0 Å². The van der Waals surface area contributed by atoms with E-state index in [4.69, 9.17) is 21.4 Å². The first kappa shape index (κ1) is 12.3. The molecule has 2 rings (SSSR count). The van der Waals surface area contributed by atoms with Crippen LogP contribution in [0, 0.1) is 5.82 Å². The number of aromatic nitrogens is 1. The molecule has 0 saturated heterocycles. The van der Waals surface area contributed by atoms with Crippen LogP contribution in [0.2, 0.25) is 5.15 Å². The van der Waals surface area contributed by atoms with Crippen molar-refractivity contribution in [2.75, 3.05) is 0 Å². The van der Waals surface area contributed by atoms with Crippen molar-refractivity contribution in [3.05, 3.63) is 52.9 Å². The molecule has 0 amide bonds. The fraction of sp³-hybridized carbons (Fsp3) is 0. The molecule has 0 fully saturated rings. The van der Waals surface area contributed by atoms with Gasteiger partial charge in [0, 0.05) is 12.1 Å². The molecule has 1 aromatic heterocycles. The van der Waals surface area contributed by atoms with Crippen molar-refractivity contribution < 1.29 is 19.0 Å². The number of halogens is 2. The van der Waals surface area contributed by atoms with Gasteiger partial charge in [-0.3, -0.25) is 0 Å². The predicted molar refractivity (Wildman–Crippen MR) is 62.7 cm³/mol. The molecule has 0 radical (unpaired) electrons. The van der Waals surface area contributed by atoms with E-state index in [1.807, 2.05) is 0 Å². The fourth-order valence-corrected chi connectivity index (χ4v) is 1.50. The SMILES string of the molecule is O=C(O)c1cc(Cl)nc(Oc2cccc(F)c2)c1. The quantitative estimate of drug-likeness (QED) is 0.866. The van der Waals surface area contributed by atoms with Crippen LogP contribution in [0.25, 0.3) is 0 Å². The van der Waals surface area contributed by atoms with Crippen molar-refractivity contribution in [1.29, 1.82) is 0 Å². The maximum Gasteiger partial charge on any atom is 0.335 e. The lowest BCUT2D eigenvalue weighted by Gasteiger charge is -2.06. The van der Waals surface area contributed by atoms with Gasteiger partial charge in [-0.05, 0) is 18.2 Å². The summed E-state index contributed by atoms with van der Waals surface area (Å²) in [5.41, 5.74) is -0.0543. The number of rotatable bonds is 3. The standard InChI is InChI=1S/C12H7ClFNO3/c13-10-4-7(12(16)17)5-11(15-10)18-9-3-1-2-8(14)6-9/h1-6H,(H,16,17). The van der Waals surface area contributed by atoms with Gasteiger partial charge in [0.2, 0.25) is 5.88 Å². The minimum atomic E-state index is -1.15. The summed E-state index contributed by atoms with van der Waals surface area (Å²) in [6.07, 6.45) is 0. The van der Waals surface area contributed by atoms with Gasteiger partial charge in [-0.25, -0.2) is 14.2 Å². The molecule has 0 spiro atoms. The second kappa shape index (κ2) is 5.01. The molecule has 1 heterocycles. The van der Waals surface area contributed by atoms with Crippen LogP contribution >= 0.6 is 11.6 Å². The first-order chi connectivity index (χ1) is 8.54. The third-order valence-electron chi connectivity index (χ3n) is 2.04. The molecule has 0 bridgehead atoms. The van der Waals surface area contributed by atoms with E-state index in [1.165, 1.54) is 30.3 Å². The Hall–Kier alpha value is -2.14. The highest BCUT2D eigenvalue weighted by atomic mass is 35.5. The van der Waals surface area contributed by atoms with E-state index in [2.05, 4.69) is 4.98 Å². The van der Waals surface area contributed by atoms with E-state index in [9.17, 15) is 9.18 Å². The number of hydrogen-bond acceptors (Lipinski definition) is 3. The maximum atomic E-state index is 12.9. The predicted octanol–water partition coefficient (Wildman–Crippen LogP) is 3.36. The average Bonchev–Trinajstić information content (AvgIpc) is 2.28. The number of carboxylic acids is 1. The lowest BCUT2D eigenvalue weighted by molar-refractivity contribution is 0.0696. The molecule has 0 aliphatic carbocycles. The summed E-state index contributed by atoms with van der Waals surface area (Å²) in [5.74, 6) is -1.41. The third kappa shape index (κ3) is 2.95. The smallest absolute Gasteiger partial charge is 0.335 e. The zero-order chi connectivity index (χ0) is 13.1. The first-order valence-corrected chi connectivity index (χ1v) is 5.27. The van der Waals surface area contributed by atoms with Crippen LogP contribution in [0.15, 0.2) is 36.4 Å². The van der Waals surface area contributed by atoms with Gasteiger partial charge >= 0.3 is 5.97 Å². The molecule has 1 N–H and O–H groups in total. The Morgan fingerprint density at radius 3 is 2.78 bits per heavy atom. The van der Waals surface area contributed by atoms with E-state index < -0.39 is 11.8 Å². The van der Waals surface area contributed by atoms with Gasteiger partial charge in [0.1, 0.15) is 16.7 Å². The Morgan fingerprint density at radius 2 is 2.11 bits per heavy atom. The Kier molecular flexibility index (Phi) is 3.43. The molecule has 0 unspecified atom stereocenters. The van der Waals surface area contributed by atoms with Gasteiger partial charge < -0.3 is 9.84 Å². The second-order valence-corrected chi connectivity index (χ2v) is 3.77. The first-order valence-electron chi connectivity index (χ1n) is 4.89. The highest BCUT2D eigenvalue weighted by Gasteiger charge is 2.09. The van der Waals surface area contributed by atoms with Crippen LogP contribution < -0.4 is 4.74 Å². The van der Waals surface area contributed by atoms with Crippen LogP contribution in [0.1, 0.15) is 10.4 Å². The lowest BCUT2D eigenvalue weighted by atomic mass is 10.3. The number of nitrogens with zero attached hydrogens (tertiary/aromatic N) is 1. The van der Waals surface area contributed by atoms with Crippen molar-refractivity contribution in [2.24, 2.45) is 0 Å². The zero-order valence-corrected chi connectivity index (χ0v) is 9.69. The highest BCUT2D eigenvalue weighted by molar-refractivity contribution is 6.29. The summed E-state index contributed by atoms with van der Waals surface area (Å²) < 4.78 is 18.2. The average molecular weight is 268 g/mol. The minimum absolute atomic E-state index is 0.00880. The molecule has 6 heteroatoms. The Labute approximate surface area is 107 Å². The summed E-state index contributed by atoms with van der Waals surface area (Å²) in [5, 5.41) is 8.83. The number of carboxylic acid groups (broad SMARTS) is 1. The molecule has 4 nitrogen and oxygen atoms in total. The molecule has 92 valence electrons. The van der Waals surface area contributed by atoms with Crippen molar-refractivity contribution in [2.45, 2.75) is 0 Å². The third-order valence-corrected chi connectivity index (χ3v) is 2.23. The number of ether oxygens (including phenoxy) is 1.